The molecule has 2 unspecified atom stereocenters. The lowest BCUT2D eigenvalue weighted by Gasteiger charge is -2.26. The Morgan fingerprint density at radius 2 is 1.70 bits per heavy atom. The molecule has 0 aromatic rings. The van der Waals surface area contributed by atoms with Gasteiger partial charge in [0.15, 0.2) is 0 Å². The zero-order valence-corrected chi connectivity index (χ0v) is 13.1. The molecule has 1 fully saturated rings. The Kier molecular flexibility index (Phi) is 9.73. The highest BCUT2D eigenvalue weighted by Crippen LogP contribution is 2.26. The first-order valence-electron chi connectivity index (χ1n) is 8.58. The molecule has 1 aliphatic rings. The average Bonchev–Trinajstić information content (AvgIpc) is 2.46. The lowest BCUT2D eigenvalue weighted by Crippen LogP contribution is -2.27. The van der Waals surface area contributed by atoms with Crippen LogP contribution in [0.4, 0.5) is 0 Å². The molecule has 0 radical (unpaired) electrons. The summed E-state index contributed by atoms with van der Waals surface area (Å²) in [7, 11) is 0. The summed E-state index contributed by atoms with van der Waals surface area (Å²) in [6, 6.07) is 0. The Balaban J connectivity index is 1.92. The molecule has 20 heavy (non-hydrogen) atoms. The number of aliphatic carboxylic acids is 1. The first-order chi connectivity index (χ1) is 9.74. The van der Waals surface area contributed by atoms with Crippen LogP contribution >= 0.6 is 0 Å². The Hall–Kier alpha value is -0.570. The lowest BCUT2D eigenvalue weighted by molar-refractivity contribution is -0.144. The molecule has 118 valence electrons. The van der Waals surface area contributed by atoms with Gasteiger partial charge in [-0.1, -0.05) is 58.3 Å². The fourth-order valence-electron chi connectivity index (χ4n) is 3.01. The third-order valence-electron chi connectivity index (χ3n) is 4.33. The molecule has 0 aromatic heterocycles. The standard InChI is InChI=1S/C17H32O3/c1-2-3-4-5-6-7-8-9-13-20-16-12-10-11-15(14-16)17(18)19/h15-16H,2-14H2,1H3,(H,18,19). The van der Waals surface area contributed by atoms with E-state index in [2.05, 4.69) is 6.92 Å². The summed E-state index contributed by atoms with van der Waals surface area (Å²) in [5, 5.41) is 9.03. The van der Waals surface area contributed by atoms with E-state index in [1.165, 1.54) is 44.9 Å². The molecule has 1 rings (SSSR count). The maximum atomic E-state index is 11.0. The number of hydrogen-bond acceptors (Lipinski definition) is 2. The molecule has 0 spiro atoms. The maximum absolute atomic E-state index is 11.0. The predicted molar refractivity (Wildman–Crippen MR) is 81.9 cm³/mol. The number of unbranched alkanes of at least 4 members (excludes halogenated alkanes) is 7. The highest BCUT2D eigenvalue weighted by atomic mass is 16.5. The van der Waals surface area contributed by atoms with Crippen molar-refractivity contribution in [2.24, 2.45) is 5.92 Å². The van der Waals surface area contributed by atoms with Gasteiger partial charge in [0.05, 0.1) is 12.0 Å². The second-order valence-corrected chi connectivity index (χ2v) is 6.17. The van der Waals surface area contributed by atoms with Gasteiger partial charge in [-0.2, -0.15) is 0 Å². The summed E-state index contributed by atoms with van der Waals surface area (Å²) in [4.78, 5) is 11.0. The maximum Gasteiger partial charge on any atom is 0.306 e. The number of hydrogen-bond donors (Lipinski definition) is 1. The van der Waals surface area contributed by atoms with Crippen LogP contribution < -0.4 is 0 Å². The number of carboxylic acid groups (broad SMARTS) is 1. The molecule has 2 atom stereocenters. The molecule has 0 saturated heterocycles. The van der Waals surface area contributed by atoms with E-state index >= 15 is 0 Å². The first-order valence-corrected chi connectivity index (χ1v) is 8.58. The number of carboxylic acids is 1. The Morgan fingerprint density at radius 3 is 2.35 bits per heavy atom. The van der Waals surface area contributed by atoms with Crippen LogP contribution in [0.25, 0.3) is 0 Å². The Bertz CT molecular complexity index is 253. The van der Waals surface area contributed by atoms with Crippen LogP contribution in [-0.4, -0.2) is 23.8 Å². The normalized spacial score (nSPS) is 22.9. The fraction of sp³-hybridized carbons (Fsp3) is 0.941. The SMILES string of the molecule is CCCCCCCCCCOC1CCCC(C(=O)O)C1. The van der Waals surface area contributed by atoms with Crippen molar-refractivity contribution in [3.05, 3.63) is 0 Å². The summed E-state index contributed by atoms with van der Waals surface area (Å²) in [6.45, 7) is 3.06. The van der Waals surface area contributed by atoms with Gasteiger partial charge in [0, 0.05) is 6.61 Å². The highest BCUT2D eigenvalue weighted by Gasteiger charge is 2.27. The van der Waals surface area contributed by atoms with Gasteiger partial charge < -0.3 is 9.84 Å². The molecule has 0 aromatic carbocycles. The van der Waals surface area contributed by atoms with Crippen molar-refractivity contribution >= 4 is 5.97 Å². The van der Waals surface area contributed by atoms with Crippen LogP contribution in [-0.2, 0) is 9.53 Å². The molecule has 1 N–H and O–H groups in total. The molecule has 1 saturated carbocycles. The van der Waals surface area contributed by atoms with Gasteiger partial charge in [-0.25, -0.2) is 0 Å². The van der Waals surface area contributed by atoms with E-state index < -0.39 is 5.97 Å². The second-order valence-electron chi connectivity index (χ2n) is 6.17. The van der Waals surface area contributed by atoms with Gasteiger partial charge in [-0.05, 0) is 25.7 Å². The van der Waals surface area contributed by atoms with Crippen LogP contribution in [0.1, 0.15) is 84.0 Å². The van der Waals surface area contributed by atoms with Gasteiger partial charge in [0.25, 0.3) is 0 Å². The van der Waals surface area contributed by atoms with Gasteiger partial charge in [0.2, 0.25) is 0 Å². The van der Waals surface area contributed by atoms with E-state index in [-0.39, 0.29) is 12.0 Å². The van der Waals surface area contributed by atoms with Gasteiger partial charge >= 0.3 is 5.97 Å². The van der Waals surface area contributed by atoms with Crippen LogP contribution in [0, 0.1) is 5.92 Å². The smallest absolute Gasteiger partial charge is 0.306 e. The Morgan fingerprint density at radius 1 is 1.05 bits per heavy atom. The van der Waals surface area contributed by atoms with E-state index in [0.29, 0.717) is 6.42 Å². The fourth-order valence-corrected chi connectivity index (χ4v) is 3.01. The number of carbonyl (C=O) groups is 1. The van der Waals surface area contributed by atoms with Crippen LogP contribution in [0.2, 0.25) is 0 Å². The third-order valence-corrected chi connectivity index (χ3v) is 4.33. The predicted octanol–water partition coefficient (Wildman–Crippen LogP) is 4.79. The van der Waals surface area contributed by atoms with Crippen LogP contribution in [0.15, 0.2) is 0 Å². The van der Waals surface area contributed by atoms with Crippen LogP contribution in [0.3, 0.4) is 0 Å². The molecule has 0 bridgehead atoms. The summed E-state index contributed by atoms with van der Waals surface area (Å²) in [6.07, 6.45) is 14.3. The molecule has 0 aliphatic heterocycles. The largest absolute Gasteiger partial charge is 0.481 e. The zero-order valence-electron chi connectivity index (χ0n) is 13.1. The van der Waals surface area contributed by atoms with Crippen molar-refractivity contribution < 1.29 is 14.6 Å². The van der Waals surface area contributed by atoms with Gasteiger partial charge in [0.1, 0.15) is 0 Å². The van der Waals surface area contributed by atoms with E-state index in [1.54, 1.807) is 0 Å². The molecular formula is C17H32O3. The molecule has 3 nitrogen and oxygen atoms in total. The van der Waals surface area contributed by atoms with E-state index in [4.69, 9.17) is 9.84 Å². The van der Waals surface area contributed by atoms with Crippen molar-refractivity contribution in [1.29, 1.82) is 0 Å². The van der Waals surface area contributed by atoms with Crippen molar-refractivity contribution in [2.75, 3.05) is 6.61 Å². The van der Waals surface area contributed by atoms with Crippen molar-refractivity contribution in [3.63, 3.8) is 0 Å². The number of rotatable bonds is 11. The highest BCUT2D eigenvalue weighted by molar-refractivity contribution is 5.70. The summed E-state index contributed by atoms with van der Waals surface area (Å²) in [5.74, 6) is -0.822. The average molecular weight is 284 g/mol. The second kappa shape index (κ2) is 11.1. The lowest BCUT2D eigenvalue weighted by atomic mass is 9.87. The third kappa shape index (κ3) is 7.88. The monoisotopic (exact) mass is 284 g/mol. The van der Waals surface area contributed by atoms with Gasteiger partial charge in [-0.3, -0.25) is 4.79 Å². The van der Waals surface area contributed by atoms with E-state index in [1.807, 2.05) is 0 Å². The van der Waals surface area contributed by atoms with Crippen molar-refractivity contribution in [3.8, 4) is 0 Å². The molecule has 0 heterocycles. The number of ether oxygens (including phenoxy) is 1. The van der Waals surface area contributed by atoms with Crippen molar-refractivity contribution in [1.82, 2.24) is 0 Å². The Labute approximate surface area is 124 Å². The summed E-state index contributed by atoms with van der Waals surface area (Å²) < 4.78 is 5.85. The molecule has 3 heteroatoms. The topological polar surface area (TPSA) is 46.5 Å². The van der Waals surface area contributed by atoms with Crippen molar-refractivity contribution in [2.45, 2.75) is 90.1 Å². The van der Waals surface area contributed by atoms with Gasteiger partial charge in [-0.15, -0.1) is 0 Å². The minimum Gasteiger partial charge on any atom is -0.481 e. The molecular weight excluding hydrogens is 252 g/mol. The molecule has 0 amide bonds. The quantitative estimate of drug-likeness (QED) is 0.555. The van der Waals surface area contributed by atoms with E-state index in [9.17, 15) is 4.79 Å². The minimum absolute atomic E-state index is 0.174. The first kappa shape index (κ1) is 17.5. The summed E-state index contributed by atoms with van der Waals surface area (Å²) in [5.41, 5.74) is 0. The minimum atomic E-state index is -0.648. The molecule has 1 aliphatic carbocycles. The van der Waals surface area contributed by atoms with Crippen LogP contribution in [0.5, 0.6) is 0 Å². The van der Waals surface area contributed by atoms with E-state index in [0.717, 1.165) is 32.3 Å². The zero-order chi connectivity index (χ0) is 14.6. The summed E-state index contributed by atoms with van der Waals surface area (Å²) >= 11 is 0.